The van der Waals surface area contributed by atoms with Gasteiger partial charge in [-0.05, 0) is 18.8 Å². The highest BCUT2D eigenvalue weighted by molar-refractivity contribution is 5.82. The van der Waals surface area contributed by atoms with E-state index in [1.54, 1.807) is 0 Å². The normalized spacial score (nSPS) is 32.9. The highest BCUT2D eigenvalue weighted by Crippen LogP contribution is 2.41. The molecule has 0 spiro atoms. The summed E-state index contributed by atoms with van der Waals surface area (Å²) < 4.78 is 64.6. The predicted octanol–water partition coefficient (Wildman–Crippen LogP) is 2.47. The Hall–Kier alpha value is -0.920. The fraction of sp³-hybridized carbons (Fsp3) is 0.923. The summed E-state index contributed by atoms with van der Waals surface area (Å²) in [6.07, 6.45) is -3.17. The molecule has 0 radical (unpaired) electrons. The fourth-order valence-electron chi connectivity index (χ4n) is 3.14. The van der Waals surface area contributed by atoms with Crippen molar-refractivity contribution in [2.75, 3.05) is 13.1 Å². The van der Waals surface area contributed by atoms with E-state index < -0.39 is 48.8 Å². The third-order valence-electron chi connectivity index (χ3n) is 4.29. The van der Waals surface area contributed by atoms with E-state index in [9.17, 15) is 26.7 Å². The molecule has 2 rings (SSSR count). The SMILES string of the molecule is O=C(NCC1CCCCC1C(F)(F)F)C1CC(F)(F)CN1. The van der Waals surface area contributed by atoms with E-state index >= 15 is 0 Å². The molecule has 0 bridgehead atoms. The lowest BCUT2D eigenvalue weighted by molar-refractivity contribution is -0.195. The first-order valence-electron chi connectivity index (χ1n) is 7.15. The lowest BCUT2D eigenvalue weighted by Gasteiger charge is -2.33. The minimum atomic E-state index is -4.27. The number of rotatable bonds is 3. The van der Waals surface area contributed by atoms with Gasteiger partial charge in [0.1, 0.15) is 0 Å². The van der Waals surface area contributed by atoms with E-state index in [-0.39, 0.29) is 13.0 Å². The third kappa shape index (κ3) is 4.28. The maximum atomic E-state index is 13.0. The Balaban J connectivity index is 1.85. The topological polar surface area (TPSA) is 41.1 Å². The zero-order valence-electron chi connectivity index (χ0n) is 11.5. The van der Waals surface area contributed by atoms with Gasteiger partial charge in [-0.25, -0.2) is 8.78 Å². The van der Waals surface area contributed by atoms with Crippen molar-refractivity contribution in [3.63, 3.8) is 0 Å². The van der Waals surface area contributed by atoms with Crippen LogP contribution in [0.3, 0.4) is 0 Å². The highest BCUT2D eigenvalue weighted by atomic mass is 19.4. The van der Waals surface area contributed by atoms with E-state index in [2.05, 4.69) is 10.6 Å². The highest BCUT2D eigenvalue weighted by Gasteiger charge is 2.46. The van der Waals surface area contributed by atoms with Crippen LogP contribution in [0.1, 0.15) is 32.1 Å². The quantitative estimate of drug-likeness (QED) is 0.786. The molecular weight excluding hydrogens is 295 g/mol. The van der Waals surface area contributed by atoms with Crippen molar-refractivity contribution < 1.29 is 26.7 Å². The second-order valence-electron chi connectivity index (χ2n) is 5.93. The van der Waals surface area contributed by atoms with Crippen molar-refractivity contribution in [1.29, 1.82) is 0 Å². The van der Waals surface area contributed by atoms with Crippen LogP contribution in [0, 0.1) is 11.8 Å². The van der Waals surface area contributed by atoms with Gasteiger partial charge in [0.25, 0.3) is 5.92 Å². The van der Waals surface area contributed by atoms with Crippen LogP contribution in [-0.2, 0) is 4.79 Å². The largest absolute Gasteiger partial charge is 0.392 e. The van der Waals surface area contributed by atoms with Crippen LogP contribution < -0.4 is 10.6 Å². The van der Waals surface area contributed by atoms with Gasteiger partial charge < -0.3 is 5.32 Å². The van der Waals surface area contributed by atoms with Crippen molar-refractivity contribution in [1.82, 2.24) is 10.6 Å². The van der Waals surface area contributed by atoms with Crippen molar-refractivity contribution in [2.24, 2.45) is 11.8 Å². The third-order valence-corrected chi connectivity index (χ3v) is 4.29. The zero-order chi connectivity index (χ0) is 15.7. The van der Waals surface area contributed by atoms with E-state index in [4.69, 9.17) is 0 Å². The van der Waals surface area contributed by atoms with Gasteiger partial charge in [-0.1, -0.05) is 12.8 Å². The Kier molecular flexibility index (Phi) is 4.75. The Morgan fingerprint density at radius 3 is 2.48 bits per heavy atom. The van der Waals surface area contributed by atoms with Crippen molar-refractivity contribution in [2.45, 2.75) is 50.2 Å². The molecule has 1 aliphatic heterocycles. The van der Waals surface area contributed by atoms with Crippen LogP contribution in [-0.4, -0.2) is 37.1 Å². The van der Waals surface area contributed by atoms with Gasteiger partial charge in [-0.2, -0.15) is 13.2 Å². The molecule has 21 heavy (non-hydrogen) atoms. The summed E-state index contributed by atoms with van der Waals surface area (Å²) in [6, 6.07) is -1.02. The number of hydrogen-bond acceptors (Lipinski definition) is 2. The summed E-state index contributed by atoms with van der Waals surface area (Å²) in [5.74, 6) is -5.64. The average molecular weight is 314 g/mol. The number of hydrogen-bond donors (Lipinski definition) is 2. The molecule has 0 aromatic heterocycles. The van der Waals surface area contributed by atoms with Crippen LogP contribution in [0.15, 0.2) is 0 Å². The average Bonchev–Trinajstić information content (AvgIpc) is 2.76. The molecule has 0 aromatic rings. The molecule has 2 N–H and O–H groups in total. The first-order valence-corrected chi connectivity index (χ1v) is 7.15. The second-order valence-corrected chi connectivity index (χ2v) is 5.93. The van der Waals surface area contributed by atoms with E-state index in [0.29, 0.717) is 19.3 Å². The predicted molar refractivity (Wildman–Crippen MR) is 65.9 cm³/mol. The second kappa shape index (κ2) is 6.06. The van der Waals surface area contributed by atoms with Crippen LogP contribution in [0.25, 0.3) is 0 Å². The standard InChI is InChI=1S/C13H19F5N2O/c14-12(15)5-10(20-7-12)11(21)19-6-8-3-1-2-4-9(8)13(16,17)18/h8-10,20H,1-7H2,(H,19,21). The van der Waals surface area contributed by atoms with E-state index in [1.807, 2.05) is 0 Å². The first-order chi connectivity index (χ1) is 9.69. The molecule has 1 aliphatic carbocycles. The van der Waals surface area contributed by atoms with E-state index in [0.717, 1.165) is 0 Å². The zero-order valence-corrected chi connectivity index (χ0v) is 11.5. The molecule has 1 saturated carbocycles. The molecule has 8 heteroatoms. The van der Waals surface area contributed by atoms with Gasteiger partial charge in [0.05, 0.1) is 18.5 Å². The molecule has 2 fully saturated rings. The van der Waals surface area contributed by atoms with Crippen molar-refractivity contribution >= 4 is 5.91 Å². The van der Waals surface area contributed by atoms with Crippen molar-refractivity contribution in [3.05, 3.63) is 0 Å². The first kappa shape index (κ1) is 16.5. The lowest BCUT2D eigenvalue weighted by atomic mass is 9.78. The van der Waals surface area contributed by atoms with E-state index in [1.165, 1.54) is 0 Å². The number of nitrogens with one attached hydrogen (secondary N) is 2. The Bertz CT molecular complexity index is 385. The molecule has 122 valence electrons. The lowest BCUT2D eigenvalue weighted by Crippen LogP contribution is -2.45. The van der Waals surface area contributed by atoms with Gasteiger partial charge >= 0.3 is 6.18 Å². The minimum absolute atomic E-state index is 0.0732. The van der Waals surface area contributed by atoms with Gasteiger partial charge in [-0.15, -0.1) is 0 Å². The number of carbonyl (C=O) groups excluding carboxylic acids is 1. The number of amides is 1. The number of carbonyl (C=O) groups is 1. The Labute approximate surface area is 119 Å². The summed E-state index contributed by atoms with van der Waals surface area (Å²) in [4.78, 5) is 11.7. The Morgan fingerprint density at radius 1 is 1.24 bits per heavy atom. The summed E-state index contributed by atoms with van der Waals surface area (Å²) in [6.45, 7) is -0.674. The maximum Gasteiger partial charge on any atom is 0.392 e. The minimum Gasteiger partial charge on any atom is -0.354 e. The van der Waals surface area contributed by atoms with Crippen LogP contribution in [0.5, 0.6) is 0 Å². The fourth-order valence-corrected chi connectivity index (χ4v) is 3.14. The molecular formula is C13H19F5N2O. The van der Waals surface area contributed by atoms with Crippen LogP contribution >= 0.6 is 0 Å². The number of alkyl halides is 5. The molecule has 1 amide bonds. The molecule has 0 aromatic carbocycles. The van der Waals surface area contributed by atoms with Gasteiger partial charge in [-0.3, -0.25) is 10.1 Å². The number of halogens is 5. The van der Waals surface area contributed by atoms with Gasteiger partial charge in [0.2, 0.25) is 5.91 Å². The van der Waals surface area contributed by atoms with Gasteiger partial charge in [0.15, 0.2) is 0 Å². The maximum absolute atomic E-state index is 13.0. The monoisotopic (exact) mass is 314 g/mol. The molecule has 1 heterocycles. The Morgan fingerprint density at radius 2 is 1.90 bits per heavy atom. The molecule has 1 saturated heterocycles. The molecule has 3 nitrogen and oxygen atoms in total. The smallest absolute Gasteiger partial charge is 0.354 e. The van der Waals surface area contributed by atoms with Crippen LogP contribution in [0.2, 0.25) is 0 Å². The summed E-state index contributed by atoms with van der Waals surface area (Å²) >= 11 is 0. The van der Waals surface area contributed by atoms with Gasteiger partial charge in [0, 0.05) is 13.0 Å². The summed E-state index contributed by atoms with van der Waals surface area (Å²) in [7, 11) is 0. The molecule has 3 unspecified atom stereocenters. The summed E-state index contributed by atoms with van der Waals surface area (Å²) in [5.41, 5.74) is 0. The summed E-state index contributed by atoms with van der Waals surface area (Å²) in [5, 5.41) is 4.79. The molecule has 2 aliphatic rings. The van der Waals surface area contributed by atoms with Crippen molar-refractivity contribution in [3.8, 4) is 0 Å². The van der Waals surface area contributed by atoms with Crippen LogP contribution in [0.4, 0.5) is 22.0 Å². The molecule has 3 atom stereocenters.